The highest BCUT2D eigenvalue weighted by molar-refractivity contribution is 5.77. The van der Waals surface area contributed by atoms with Crippen LogP contribution in [0.4, 0.5) is 0 Å². The van der Waals surface area contributed by atoms with Crippen LogP contribution in [0, 0.1) is 0 Å². The minimum Gasteiger partial charge on any atom is -0.490 e. The lowest BCUT2D eigenvalue weighted by Gasteiger charge is -2.24. The van der Waals surface area contributed by atoms with Crippen LogP contribution in [0.1, 0.15) is 50.7 Å². The van der Waals surface area contributed by atoms with Gasteiger partial charge in [-0.3, -0.25) is 0 Å². The Labute approximate surface area is 145 Å². The van der Waals surface area contributed by atoms with Gasteiger partial charge in [-0.2, -0.15) is 0 Å². The minimum absolute atomic E-state index is 0.760. The second kappa shape index (κ2) is 8.23. The van der Waals surface area contributed by atoms with Crippen LogP contribution in [0.3, 0.4) is 0 Å². The average molecular weight is 324 g/mol. The molecule has 0 fully saturated rings. The van der Waals surface area contributed by atoms with E-state index in [1.807, 2.05) is 0 Å². The molecule has 128 valence electrons. The molecule has 0 unspecified atom stereocenters. The number of benzene rings is 2. The fourth-order valence-electron chi connectivity index (χ4n) is 3.28. The van der Waals surface area contributed by atoms with Gasteiger partial charge in [0.25, 0.3) is 0 Å². The van der Waals surface area contributed by atoms with Gasteiger partial charge in [-0.15, -0.1) is 0 Å². The molecule has 0 radical (unpaired) electrons. The van der Waals surface area contributed by atoms with Gasteiger partial charge < -0.3 is 9.47 Å². The summed E-state index contributed by atoms with van der Waals surface area (Å²) in [6.45, 7) is 5.90. The van der Waals surface area contributed by atoms with Crippen LogP contribution in [0.15, 0.2) is 36.4 Å². The zero-order chi connectivity index (χ0) is 16.8. The van der Waals surface area contributed by atoms with Gasteiger partial charge in [-0.1, -0.05) is 57.0 Å². The van der Waals surface area contributed by atoms with Gasteiger partial charge in [0, 0.05) is 5.56 Å². The smallest absolute Gasteiger partial charge is 0.164 e. The highest BCUT2D eigenvalue weighted by atomic mass is 16.5. The Morgan fingerprint density at radius 2 is 1.54 bits per heavy atom. The van der Waals surface area contributed by atoms with Crippen LogP contribution in [-0.4, -0.2) is 13.2 Å². The summed E-state index contributed by atoms with van der Waals surface area (Å²) in [6.07, 6.45) is 6.54. The van der Waals surface area contributed by atoms with Crippen LogP contribution in [-0.2, 0) is 12.8 Å². The second-order valence-electron chi connectivity index (χ2n) is 6.48. The molecule has 1 aliphatic carbocycles. The van der Waals surface area contributed by atoms with E-state index in [1.165, 1.54) is 22.3 Å². The molecule has 0 bridgehead atoms. The molecule has 2 aromatic rings. The lowest BCUT2D eigenvalue weighted by Crippen LogP contribution is -2.10. The first kappa shape index (κ1) is 16.9. The highest BCUT2D eigenvalue weighted by Crippen LogP contribution is 2.43. The van der Waals surface area contributed by atoms with E-state index in [-0.39, 0.29) is 0 Å². The van der Waals surface area contributed by atoms with E-state index < -0.39 is 0 Å². The Morgan fingerprint density at radius 1 is 0.792 bits per heavy atom. The van der Waals surface area contributed by atoms with Crippen molar-refractivity contribution in [3.63, 3.8) is 0 Å². The van der Waals surface area contributed by atoms with Gasteiger partial charge in [0.2, 0.25) is 0 Å². The zero-order valence-corrected chi connectivity index (χ0v) is 14.9. The Kier molecular flexibility index (Phi) is 5.79. The van der Waals surface area contributed by atoms with E-state index in [0.717, 1.165) is 63.2 Å². The normalized spacial score (nSPS) is 12.4. The van der Waals surface area contributed by atoms with Crippen molar-refractivity contribution >= 4 is 0 Å². The summed E-state index contributed by atoms with van der Waals surface area (Å²) < 4.78 is 12.2. The quantitative estimate of drug-likeness (QED) is 0.570. The van der Waals surface area contributed by atoms with E-state index in [2.05, 4.69) is 50.2 Å². The Hall–Kier alpha value is -1.96. The van der Waals surface area contributed by atoms with E-state index in [0.29, 0.717) is 0 Å². The van der Waals surface area contributed by atoms with E-state index in [4.69, 9.17) is 9.47 Å². The fourth-order valence-corrected chi connectivity index (χ4v) is 3.28. The van der Waals surface area contributed by atoms with Crippen molar-refractivity contribution in [1.82, 2.24) is 0 Å². The van der Waals surface area contributed by atoms with Crippen LogP contribution in [0.5, 0.6) is 11.5 Å². The van der Waals surface area contributed by atoms with Crippen molar-refractivity contribution in [2.45, 2.75) is 52.4 Å². The van der Waals surface area contributed by atoms with Crippen LogP contribution >= 0.6 is 0 Å². The van der Waals surface area contributed by atoms with Crippen LogP contribution in [0.2, 0.25) is 0 Å². The molecule has 2 nitrogen and oxygen atoms in total. The molecule has 0 saturated carbocycles. The van der Waals surface area contributed by atoms with Gasteiger partial charge >= 0.3 is 0 Å². The van der Waals surface area contributed by atoms with Gasteiger partial charge in [-0.05, 0) is 48.4 Å². The van der Waals surface area contributed by atoms with E-state index in [1.54, 1.807) is 0 Å². The zero-order valence-electron chi connectivity index (χ0n) is 14.9. The summed E-state index contributed by atoms with van der Waals surface area (Å²) in [7, 11) is 0. The van der Waals surface area contributed by atoms with Gasteiger partial charge in [0.15, 0.2) is 11.5 Å². The molecule has 3 rings (SSSR count). The second-order valence-corrected chi connectivity index (χ2v) is 6.48. The standard InChI is InChI=1S/C22H28O2/c1-3-5-15-23-21-14-13-19-18-10-8-7-9-17(18)11-12-20(19)22(21)24-16-6-4-2/h7-10,13-14H,3-6,11-12,15-16H2,1-2H3. The summed E-state index contributed by atoms with van der Waals surface area (Å²) in [5.74, 6) is 1.89. The van der Waals surface area contributed by atoms with Gasteiger partial charge in [-0.25, -0.2) is 0 Å². The Balaban J connectivity index is 1.95. The van der Waals surface area contributed by atoms with Crippen LogP contribution < -0.4 is 9.47 Å². The van der Waals surface area contributed by atoms with Gasteiger partial charge in [0.1, 0.15) is 0 Å². The molecule has 0 N–H and O–H groups in total. The van der Waals surface area contributed by atoms with Crippen molar-refractivity contribution < 1.29 is 9.47 Å². The SMILES string of the molecule is CCCCOc1ccc2c(c1OCCCC)CCc1ccccc1-2. The molecule has 0 aromatic heterocycles. The molecule has 0 aliphatic heterocycles. The minimum atomic E-state index is 0.760. The average Bonchev–Trinajstić information content (AvgIpc) is 2.63. The van der Waals surface area contributed by atoms with Gasteiger partial charge in [0.05, 0.1) is 13.2 Å². The number of hydrogen-bond acceptors (Lipinski definition) is 2. The number of aryl methyl sites for hydroxylation is 1. The Bertz CT molecular complexity index is 676. The summed E-state index contributed by atoms with van der Waals surface area (Å²) in [4.78, 5) is 0. The molecule has 2 heteroatoms. The molecular formula is C22H28O2. The third-order valence-corrected chi connectivity index (χ3v) is 4.68. The van der Waals surface area contributed by atoms with Crippen molar-refractivity contribution in [2.24, 2.45) is 0 Å². The molecule has 1 aliphatic rings. The first-order valence-corrected chi connectivity index (χ1v) is 9.34. The first-order valence-electron chi connectivity index (χ1n) is 9.34. The fraction of sp³-hybridized carbons (Fsp3) is 0.455. The number of fused-ring (bicyclic) bond motifs is 3. The Morgan fingerprint density at radius 3 is 2.33 bits per heavy atom. The molecule has 2 aromatic carbocycles. The summed E-state index contributed by atoms with van der Waals surface area (Å²) in [5.41, 5.74) is 5.41. The number of unbranched alkanes of at least 4 members (excludes halogenated alkanes) is 2. The molecule has 0 saturated heterocycles. The maximum atomic E-state index is 6.20. The summed E-state index contributed by atoms with van der Waals surface area (Å²) >= 11 is 0. The number of hydrogen-bond donors (Lipinski definition) is 0. The molecule has 0 amide bonds. The predicted molar refractivity (Wildman–Crippen MR) is 100 cm³/mol. The molecule has 24 heavy (non-hydrogen) atoms. The van der Waals surface area contributed by atoms with E-state index in [9.17, 15) is 0 Å². The lowest BCUT2D eigenvalue weighted by atomic mass is 9.85. The maximum absolute atomic E-state index is 6.20. The molecular weight excluding hydrogens is 296 g/mol. The third-order valence-electron chi connectivity index (χ3n) is 4.68. The predicted octanol–water partition coefficient (Wildman–Crippen LogP) is 5.81. The van der Waals surface area contributed by atoms with Crippen LogP contribution in [0.25, 0.3) is 11.1 Å². The van der Waals surface area contributed by atoms with Crippen molar-refractivity contribution in [3.8, 4) is 22.6 Å². The van der Waals surface area contributed by atoms with Crippen molar-refractivity contribution in [1.29, 1.82) is 0 Å². The highest BCUT2D eigenvalue weighted by Gasteiger charge is 2.22. The molecule has 0 spiro atoms. The topological polar surface area (TPSA) is 18.5 Å². The third kappa shape index (κ3) is 3.58. The largest absolute Gasteiger partial charge is 0.490 e. The maximum Gasteiger partial charge on any atom is 0.164 e. The summed E-state index contributed by atoms with van der Waals surface area (Å²) in [5, 5.41) is 0. The monoisotopic (exact) mass is 324 g/mol. The summed E-state index contributed by atoms with van der Waals surface area (Å²) in [6, 6.07) is 13.0. The lowest BCUT2D eigenvalue weighted by molar-refractivity contribution is 0.260. The molecule has 0 atom stereocenters. The van der Waals surface area contributed by atoms with Crippen molar-refractivity contribution in [2.75, 3.05) is 13.2 Å². The van der Waals surface area contributed by atoms with E-state index >= 15 is 0 Å². The molecule has 0 heterocycles. The first-order chi connectivity index (χ1) is 11.8. The number of ether oxygens (including phenoxy) is 2. The number of rotatable bonds is 8. The van der Waals surface area contributed by atoms with Crippen molar-refractivity contribution in [3.05, 3.63) is 47.5 Å².